The first-order valence-corrected chi connectivity index (χ1v) is 8.08. The highest BCUT2D eigenvalue weighted by atomic mass is 35.5. The number of benzene rings is 1. The van der Waals surface area contributed by atoms with Gasteiger partial charge < -0.3 is 15.5 Å². The highest BCUT2D eigenvalue weighted by Crippen LogP contribution is 2.25. The molecule has 5 nitrogen and oxygen atoms in total. The Hall–Kier alpha value is -1.59. The van der Waals surface area contributed by atoms with E-state index >= 15 is 0 Å². The van der Waals surface area contributed by atoms with E-state index in [1.165, 1.54) is 5.56 Å². The molecule has 0 radical (unpaired) electrons. The maximum Gasteiger partial charge on any atom is 0.245 e. The zero-order valence-electron chi connectivity index (χ0n) is 13.4. The lowest BCUT2D eigenvalue weighted by Crippen LogP contribution is -2.53. The van der Waals surface area contributed by atoms with Crippen LogP contribution in [0, 0.1) is 0 Å². The Bertz CT molecular complexity index is 561. The number of carbonyl (C=O) groups excluding carboxylic acids is 2. The summed E-state index contributed by atoms with van der Waals surface area (Å²) in [5.74, 6) is 0.0363. The summed E-state index contributed by atoms with van der Waals surface area (Å²) < 4.78 is 0. The number of amides is 2. The highest BCUT2D eigenvalue weighted by Gasteiger charge is 2.35. The van der Waals surface area contributed by atoms with E-state index in [1.54, 1.807) is 0 Å². The van der Waals surface area contributed by atoms with Crippen molar-refractivity contribution in [1.29, 1.82) is 0 Å². The summed E-state index contributed by atoms with van der Waals surface area (Å²) in [5.41, 5.74) is 2.45. The number of hydrogen-bond donors (Lipinski definition) is 2. The van der Waals surface area contributed by atoms with E-state index in [9.17, 15) is 9.59 Å². The molecule has 2 fully saturated rings. The molecule has 23 heavy (non-hydrogen) atoms. The van der Waals surface area contributed by atoms with Crippen LogP contribution < -0.4 is 10.6 Å². The van der Waals surface area contributed by atoms with Gasteiger partial charge in [0.2, 0.25) is 11.8 Å². The lowest BCUT2D eigenvalue weighted by molar-refractivity contribution is -0.137. The van der Waals surface area contributed by atoms with Gasteiger partial charge in [-0.3, -0.25) is 9.59 Å². The van der Waals surface area contributed by atoms with Crippen molar-refractivity contribution in [2.24, 2.45) is 0 Å². The van der Waals surface area contributed by atoms with E-state index in [0.29, 0.717) is 19.4 Å². The predicted octanol–water partition coefficient (Wildman–Crippen LogP) is 1.42. The van der Waals surface area contributed by atoms with Crippen molar-refractivity contribution in [2.45, 2.75) is 38.3 Å². The van der Waals surface area contributed by atoms with Gasteiger partial charge in [-0.25, -0.2) is 0 Å². The van der Waals surface area contributed by atoms with Crippen molar-refractivity contribution in [3.8, 4) is 0 Å². The van der Waals surface area contributed by atoms with Crippen LogP contribution in [0.1, 0.15) is 36.9 Å². The van der Waals surface area contributed by atoms with Crippen LogP contribution in [0.4, 0.5) is 0 Å². The molecule has 2 aliphatic rings. The third kappa shape index (κ3) is 3.85. The van der Waals surface area contributed by atoms with Crippen molar-refractivity contribution in [1.82, 2.24) is 15.5 Å². The number of piperazine rings is 1. The zero-order chi connectivity index (χ0) is 15.5. The normalized spacial score (nSPS) is 24.0. The van der Waals surface area contributed by atoms with E-state index in [2.05, 4.69) is 41.8 Å². The van der Waals surface area contributed by atoms with E-state index in [0.717, 1.165) is 25.1 Å². The topological polar surface area (TPSA) is 61.4 Å². The molecular weight excluding hydrogens is 314 g/mol. The lowest BCUT2D eigenvalue weighted by atomic mass is 10.00. The molecule has 126 valence electrons. The van der Waals surface area contributed by atoms with Crippen molar-refractivity contribution < 1.29 is 9.59 Å². The number of carbonyl (C=O) groups is 2. The average Bonchev–Trinajstić information content (AvgIpc) is 3.01. The molecule has 2 aliphatic heterocycles. The molecule has 2 N–H and O–H groups in total. The summed E-state index contributed by atoms with van der Waals surface area (Å²) in [6.07, 6.45) is 2.08. The monoisotopic (exact) mass is 337 g/mol. The van der Waals surface area contributed by atoms with Crippen molar-refractivity contribution >= 4 is 24.2 Å². The summed E-state index contributed by atoms with van der Waals surface area (Å²) in [5, 5.41) is 6.16. The van der Waals surface area contributed by atoms with Crippen LogP contribution >= 0.6 is 12.4 Å². The largest absolute Gasteiger partial charge is 0.344 e. The maximum absolute atomic E-state index is 12.7. The SMILES string of the molecule is CCc1ccc(C2CNCCN2C(=O)[C@@H]2CCC(=O)N2)cc1.Cl. The molecular formula is C17H24ClN3O2. The molecule has 0 aromatic heterocycles. The molecule has 3 rings (SSSR count). The Kier molecular flexibility index (Phi) is 6.02. The van der Waals surface area contributed by atoms with E-state index in [4.69, 9.17) is 0 Å². The number of rotatable bonds is 3. The maximum atomic E-state index is 12.7. The first-order valence-electron chi connectivity index (χ1n) is 8.08. The molecule has 2 saturated heterocycles. The fraction of sp³-hybridized carbons (Fsp3) is 0.529. The van der Waals surface area contributed by atoms with Gasteiger partial charge in [0.15, 0.2) is 0 Å². The summed E-state index contributed by atoms with van der Waals surface area (Å²) in [4.78, 5) is 26.0. The van der Waals surface area contributed by atoms with Gasteiger partial charge in [-0.15, -0.1) is 12.4 Å². The number of nitrogens with zero attached hydrogens (tertiary/aromatic N) is 1. The minimum Gasteiger partial charge on any atom is -0.344 e. The minimum atomic E-state index is -0.344. The minimum absolute atomic E-state index is 0. The Morgan fingerprint density at radius 3 is 2.65 bits per heavy atom. The molecule has 0 spiro atoms. The third-order valence-corrected chi connectivity index (χ3v) is 4.59. The summed E-state index contributed by atoms with van der Waals surface area (Å²) in [6.45, 7) is 4.38. The van der Waals surface area contributed by atoms with Gasteiger partial charge in [0.25, 0.3) is 0 Å². The van der Waals surface area contributed by atoms with E-state index < -0.39 is 0 Å². The van der Waals surface area contributed by atoms with Crippen LogP contribution in [-0.4, -0.2) is 42.4 Å². The number of hydrogen-bond acceptors (Lipinski definition) is 3. The Balaban J connectivity index is 0.00000192. The van der Waals surface area contributed by atoms with Crippen LogP contribution in [0.15, 0.2) is 24.3 Å². The quantitative estimate of drug-likeness (QED) is 0.877. The zero-order valence-corrected chi connectivity index (χ0v) is 14.2. The fourth-order valence-electron chi connectivity index (χ4n) is 3.24. The number of aryl methyl sites for hydroxylation is 1. The summed E-state index contributed by atoms with van der Waals surface area (Å²) in [6, 6.07) is 8.19. The first kappa shape index (κ1) is 17.8. The van der Waals surface area contributed by atoms with Crippen molar-refractivity contribution in [3.63, 3.8) is 0 Å². The predicted molar refractivity (Wildman–Crippen MR) is 91.6 cm³/mol. The lowest BCUT2D eigenvalue weighted by Gasteiger charge is -2.38. The Labute approximate surface area is 143 Å². The molecule has 6 heteroatoms. The molecule has 1 aromatic rings. The Morgan fingerprint density at radius 1 is 1.30 bits per heavy atom. The van der Waals surface area contributed by atoms with Gasteiger partial charge in [-0.2, -0.15) is 0 Å². The molecule has 0 aliphatic carbocycles. The molecule has 1 aromatic carbocycles. The summed E-state index contributed by atoms with van der Waals surface area (Å²) >= 11 is 0. The molecule has 1 unspecified atom stereocenters. The van der Waals surface area contributed by atoms with Crippen LogP contribution in [0.5, 0.6) is 0 Å². The van der Waals surface area contributed by atoms with Gasteiger partial charge in [-0.05, 0) is 24.0 Å². The van der Waals surface area contributed by atoms with Gasteiger partial charge in [0.05, 0.1) is 6.04 Å². The van der Waals surface area contributed by atoms with Crippen LogP contribution in [0.2, 0.25) is 0 Å². The smallest absolute Gasteiger partial charge is 0.245 e. The standard InChI is InChI=1S/C17H23N3O2.ClH/c1-2-12-3-5-13(6-4-12)15-11-18-9-10-20(15)17(22)14-7-8-16(21)19-14;/h3-6,14-15,18H,2,7-11H2,1H3,(H,19,21);1H/t14-,15?;/m0./s1. The number of halogens is 1. The van der Waals surface area contributed by atoms with E-state index in [1.807, 2.05) is 4.90 Å². The van der Waals surface area contributed by atoms with Crippen molar-refractivity contribution in [3.05, 3.63) is 35.4 Å². The second-order valence-electron chi connectivity index (χ2n) is 6.01. The number of nitrogens with one attached hydrogen (secondary N) is 2. The second-order valence-corrected chi connectivity index (χ2v) is 6.01. The first-order chi connectivity index (χ1) is 10.7. The molecule has 2 heterocycles. The van der Waals surface area contributed by atoms with Gasteiger partial charge in [0, 0.05) is 26.1 Å². The Morgan fingerprint density at radius 2 is 2.04 bits per heavy atom. The van der Waals surface area contributed by atoms with Crippen molar-refractivity contribution in [2.75, 3.05) is 19.6 Å². The van der Waals surface area contributed by atoms with Crippen LogP contribution in [0.3, 0.4) is 0 Å². The summed E-state index contributed by atoms with van der Waals surface area (Å²) in [7, 11) is 0. The molecule has 0 bridgehead atoms. The third-order valence-electron chi connectivity index (χ3n) is 4.59. The average molecular weight is 338 g/mol. The van der Waals surface area contributed by atoms with Gasteiger partial charge in [0.1, 0.15) is 6.04 Å². The fourth-order valence-corrected chi connectivity index (χ4v) is 3.24. The van der Waals surface area contributed by atoms with Gasteiger partial charge >= 0.3 is 0 Å². The van der Waals surface area contributed by atoms with E-state index in [-0.39, 0.29) is 36.3 Å². The second kappa shape index (κ2) is 7.79. The molecule has 2 amide bonds. The van der Waals surface area contributed by atoms with Crippen LogP contribution in [-0.2, 0) is 16.0 Å². The molecule has 0 saturated carbocycles. The highest BCUT2D eigenvalue weighted by molar-refractivity contribution is 5.91. The van der Waals surface area contributed by atoms with Gasteiger partial charge in [-0.1, -0.05) is 31.2 Å². The van der Waals surface area contributed by atoms with Crippen LogP contribution in [0.25, 0.3) is 0 Å². The molecule has 2 atom stereocenters.